The fourth-order valence-corrected chi connectivity index (χ4v) is 5.05. The molecule has 2 aliphatic rings. The van der Waals surface area contributed by atoms with Crippen molar-refractivity contribution in [1.82, 2.24) is 5.32 Å². The van der Waals surface area contributed by atoms with Gasteiger partial charge in [0.05, 0.1) is 5.56 Å². The quantitative estimate of drug-likeness (QED) is 0.0682. The third-order valence-electron chi connectivity index (χ3n) is 7.74. The van der Waals surface area contributed by atoms with Crippen molar-refractivity contribution >= 4 is 76.4 Å². The molecule has 0 fully saturated rings. The van der Waals surface area contributed by atoms with Crippen molar-refractivity contribution < 1.29 is 23.7 Å². The van der Waals surface area contributed by atoms with Crippen molar-refractivity contribution in [2.24, 2.45) is 21.1 Å². The number of carbonyl (C=O) groups excluding carboxylic acids is 2. The van der Waals surface area contributed by atoms with Gasteiger partial charge in [0, 0.05) is 76.4 Å². The molecule has 2 aliphatic carbocycles. The van der Waals surface area contributed by atoms with E-state index in [9.17, 15) is 14.4 Å². The minimum atomic E-state index is -1.67. The summed E-state index contributed by atoms with van der Waals surface area (Å²) in [4.78, 5) is 40.9. The SMILES string of the molecule is NC1CC/C=C\CCC1.O=S(Cl)Cl.[N-]=[N+]=Nc1ccc(C(=O)Cl)cc1.[N-]=[N+]=Nc1ccc(C(=O)NC2CC/C=C\CCC2)cc1.[N-]=[N+]=Nc1ccc(C(=O)O)cc1. The molecule has 3 aromatic rings. The van der Waals surface area contributed by atoms with E-state index in [4.69, 9.17) is 43.2 Å². The number of amides is 1. The molecule has 0 spiro atoms. The van der Waals surface area contributed by atoms with Crippen LogP contribution in [0.5, 0.6) is 0 Å². The predicted molar refractivity (Wildman–Crippen MR) is 226 cm³/mol. The summed E-state index contributed by atoms with van der Waals surface area (Å²) in [6.07, 6.45) is 20.2. The average molecular weight is 859 g/mol. The number of nitrogens with one attached hydrogen (secondary N) is 1. The highest BCUT2D eigenvalue weighted by Crippen LogP contribution is 2.17. The lowest BCUT2D eigenvalue weighted by atomic mass is 10.0. The fraction of sp³-hybridized carbons (Fsp3) is 0.324. The van der Waals surface area contributed by atoms with Crippen LogP contribution >= 0.6 is 33.0 Å². The number of nitrogens with two attached hydrogens (primary N) is 1. The van der Waals surface area contributed by atoms with Crippen LogP contribution in [-0.2, 0) is 9.23 Å². The van der Waals surface area contributed by atoms with Crippen molar-refractivity contribution in [3.63, 3.8) is 0 Å². The normalized spacial score (nSPS) is 16.5. The molecule has 1 amide bonds. The van der Waals surface area contributed by atoms with Gasteiger partial charge in [-0.1, -0.05) is 76.0 Å². The second kappa shape index (κ2) is 30.8. The molecule has 57 heavy (non-hydrogen) atoms. The van der Waals surface area contributed by atoms with Crippen molar-refractivity contribution in [2.75, 3.05) is 0 Å². The number of azide groups is 3. The fourth-order valence-electron chi connectivity index (χ4n) is 4.93. The summed E-state index contributed by atoms with van der Waals surface area (Å²) in [5, 5.41) is 21.2. The maximum atomic E-state index is 12.1. The van der Waals surface area contributed by atoms with Gasteiger partial charge < -0.3 is 16.2 Å². The first-order valence-corrected chi connectivity index (χ1v) is 20.6. The van der Waals surface area contributed by atoms with Crippen LogP contribution in [0.1, 0.15) is 95.3 Å². The number of halogens is 3. The molecular formula is C37H42Cl3N11O5S. The Hall–Kier alpha value is -5.34. The van der Waals surface area contributed by atoms with Crippen LogP contribution < -0.4 is 11.1 Å². The van der Waals surface area contributed by atoms with E-state index >= 15 is 0 Å². The Bertz CT molecular complexity index is 1810. The molecule has 5 rings (SSSR count). The van der Waals surface area contributed by atoms with Gasteiger partial charge in [-0.25, -0.2) is 9.00 Å². The van der Waals surface area contributed by atoms with E-state index in [0.29, 0.717) is 34.2 Å². The third kappa shape index (κ3) is 24.7. The lowest BCUT2D eigenvalue weighted by molar-refractivity contribution is 0.0696. The van der Waals surface area contributed by atoms with Gasteiger partial charge >= 0.3 is 5.97 Å². The van der Waals surface area contributed by atoms with E-state index in [1.54, 1.807) is 24.3 Å². The second-order valence-corrected chi connectivity index (χ2v) is 14.7. The molecule has 302 valence electrons. The maximum Gasteiger partial charge on any atom is 0.335 e. The van der Waals surface area contributed by atoms with Gasteiger partial charge in [0.1, 0.15) is 0 Å². The number of carbonyl (C=O) groups is 3. The van der Waals surface area contributed by atoms with Gasteiger partial charge in [0.25, 0.3) is 11.1 Å². The Kier molecular flexibility index (Phi) is 26.9. The molecule has 2 unspecified atom stereocenters. The number of hydrogen-bond donors (Lipinski definition) is 3. The summed E-state index contributed by atoms with van der Waals surface area (Å²) in [5.41, 5.74) is 32.7. The molecule has 0 radical (unpaired) electrons. The predicted octanol–water partition coefficient (Wildman–Crippen LogP) is 12.5. The van der Waals surface area contributed by atoms with Gasteiger partial charge in [-0.05, 0) is 129 Å². The first-order valence-electron chi connectivity index (χ1n) is 17.4. The van der Waals surface area contributed by atoms with Gasteiger partial charge in [0.2, 0.25) is 9.23 Å². The zero-order valence-electron chi connectivity index (χ0n) is 30.7. The van der Waals surface area contributed by atoms with Crippen LogP contribution in [-0.4, -0.2) is 38.5 Å². The average Bonchev–Trinajstić information content (AvgIpc) is 3.16. The van der Waals surface area contributed by atoms with Crippen LogP contribution in [0.3, 0.4) is 0 Å². The maximum absolute atomic E-state index is 12.1. The number of allylic oxidation sites excluding steroid dienone is 4. The number of carboxylic acids is 1. The highest BCUT2D eigenvalue weighted by molar-refractivity contribution is 8.26. The number of rotatable bonds is 7. The van der Waals surface area contributed by atoms with E-state index in [-0.39, 0.29) is 17.5 Å². The van der Waals surface area contributed by atoms with Crippen molar-refractivity contribution in [2.45, 2.75) is 76.3 Å². The zero-order chi connectivity index (χ0) is 42.3. The summed E-state index contributed by atoms with van der Waals surface area (Å²) in [6.45, 7) is 0. The molecule has 0 aliphatic heterocycles. The molecule has 20 heteroatoms. The largest absolute Gasteiger partial charge is 0.478 e. The number of carboxylic acid groups (broad SMARTS) is 1. The highest BCUT2D eigenvalue weighted by atomic mass is 36.0. The third-order valence-corrected chi connectivity index (χ3v) is 7.96. The molecule has 0 saturated heterocycles. The van der Waals surface area contributed by atoms with E-state index in [2.05, 4.69) is 81.1 Å². The lowest BCUT2D eigenvalue weighted by Crippen LogP contribution is -2.34. The van der Waals surface area contributed by atoms with Crippen molar-refractivity contribution in [3.8, 4) is 0 Å². The smallest absolute Gasteiger partial charge is 0.335 e. The zero-order valence-corrected chi connectivity index (χ0v) is 33.8. The van der Waals surface area contributed by atoms with E-state index in [0.717, 1.165) is 32.1 Å². The first kappa shape index (κ1) is 49.7. The van der Waals surface area contributed by atoms with Crippen molar-refractivity contribution in [1.29, 1.82) is 0 Å². The summed E-state index contributed by atoms with van der Waals surface area (Å²) >= 11 is 5.19. The number of aromatic carboxylic acids is 1. The topological polar surface area (TPSA) is 273 Å². The van der Waals surface area contributed by atoms with Gasteiger partial charge in [-0.2, -0.15) is 0 Å². The Morgan fingerprint density at radius 2 is 1.04 bits per heavy atom. The van der Waals surface area contributed by atoms with Crippen LogP contribution in [0.15, 0.2) is 112 Å². The standard InChI is InChI=1S/C15H18N4O.C8H15N.C7H4ClN3O.C7H5N3O2.Cl2OS/c16-19-18-14-10-8-12(9-11-14)15(20)17-13-6-4-2-1-3-5-7-13;9-8-6-4-2-1-3-5-7-8;8-7(12)5-1-3-6(4-2-5)10-11-9;8-10-9-6-3-1-5(2-4-6)7(11)12;1-4(2)3/h1-2,8-11,13H,3-7H2,(H,17,20);1-2,8H,3-7,9H2;1-4H;1-4H,(H,11,12);/b2*2-1-;;;. The Labute approximate surface area is 346 Å². The molecule has 0 saturated carbocycles. The highest BCUT2D eigenvalue weighted by Gasteiger charge is 2.14. The molecular weight excluding hydrogens is 817 g/mol. The summed E-state index contributed by atoms with van der Waals surface area (Å²) in [6, 6.07) is 19.1. The summed E-state index contributed by atoms with van der Waals surface area (Å²) in [5.74, 6) is -1.06. The van der Waals surface area contributed by atoms with Crippen LogP contribution in [0, 0.1) is 0 Å². The second-order valence-electron chi connectivity index (χ2n) is 11.9. The Morgan fingerprint density at radius 3 is 1.46 bits per heavy atom. The van der Waals surface area contributed by atoms with Gasteiger partial charge in [-0.15, -0.1) is 0 Å². The molecule has 0 bridgehead atoms. The monoisotopic (exact) mass is 857 g/mol. The Morgan fingerprint density at radius 1 is 0.649 bits per heavy atom. The Balaban J connectivity index is 0.000000383. The van der Waals surface area contributed by atoms with Gasteiger partial charge in [0.15, 0.2) is 0 Å². The van der Waals surface area contributed by atoms with Crippen molar-refractivity contribution in [3.05, 3.63) is 145 Å². The number of benzene rings is 3. The summed E-state index contributed by atoms with van der Waals surface area (Å²) in [7, 11) is 7.36. The molecule has 0 heterocycles. The molecule has 16 nitrogen and oxygen atoms in total. The van der Waals surface area contributed by atoms with E-state index in [1.165, 1.54) is 80.6 Å². The molecule has 4 N–H and O–H groups in total. The lowest BCUT2D eigenvalue weighted by Gasteiger charge is -2.19. The summed E-state index contributed by atoms with van der Waals surface area (Å²) < 4.78 is 9.09. The van der Waals surface area contributed by atoms with Crippen LogP contribution in [0.4, 0.5) is 17.1 Å². The molecule has 3 aromatic carbocycles. The minimum Gasteiger partial charge on any atom is -0.478 e. The molecule has 2 atom stereocenters. The van der Waals surface area contributed by atoms with E-state index in [1.807, 2.05) is 0 Å². The van der Waals surface area contributed by atoms with Gasteiger partial charge in [-0.3, -0.25) is 9.59 Å². The molecule has 0 aromatic heterocycles. The van der Waals surface area contributed by atoms with Crippen LogP contribution in [0.25, 0.3) is 31.3 Å². The first-order chi connectivity index (χ1) is 27.4. The number of nitrogens with zero attached hydrogens (tertiary/aromatic N) is 9. The van der Waals surface area contributed by atoms with E-state index < -0.39 is 20.4 Å². The minimum absolute atomic E-state index is 0.0629. The number of hydrogen-bond acceptors (Lipinski definition) is 8. The van der Waals surface area contributed by atoms with Crippen LogP contribution in [0.2, 0.25) is 0 Å².